The first kappa shape index (κ1) is 13.4. The van der Waals surface area contributed by atoms with Crippen molar-refractivity contribution in [3.8, 4) is 0 Å². The van der Waals surface area contributed by atoms with E-state index in [0.29, 0.717) is 12.1 Å². The van der Waals surface area contributed by atoms with Gasteiger partial charge in [0.25, 0.3) is 0 Å². The highest BCUT2D eigenvalue weighted by Gasteiger charge is 2.46. The van der Waals surface area contributed by atoms with Crippen molar-refractivity contribution < 1.29 is 4.74 Å². The summed E-state index contributed by atoms with van der Waals surface area (Å²) in [5, 5.41) is 0. The highest BCUT2D eigenvalue weighted by molar-refractivity contribution is 5.99. The molecule has 1 aliphatic carbocycles. The van der Waals surface area contributed by atoms with Gasteiger partial charge in [0, 0.05) is 12.8 Å². The Labute approximate surface area is 120 Å². The van der Waals surface area contributed by atoms with Crippen molar-refractivity contribution in [2.75, 3.05) is 18.6 Å². The molecule has 0 saturated heterocycles. The van der Waals surface area contributed by atoms with Crippen molar-refractivity contribution in [3.05, 3.63) is 29.8 Å². The summed E-state index contributed by atoms with van der Waals surface area (Å²) in [6, 6.07) is 8.40. The molecule has 4 nitrogen and oxygen atoms in total. The van der Waals surface area contributed by atoms with Crippen LogP contribution in [0.4, 0.5) is 5.69 Å². The van der Waals surface area contributed by atoms with Gasteiger partial charge in [-0.3, -0.25) is 4.99 Å². The molecule has 2 unspecified atom stereocenters. The Morgan fingerprint density at radius 3 is 2.95 bits per heavy atom. The second-order valence-electron chi connectivity index (χ2n) is 5.97. The number of aryl methyl sites for hydroxylation is 1. The van der Waals surface area contributed by atoms with Crippen LogP contribution >= 0.6 is 0 Å². The van der Waals surface area contributed by atoms with Gasteiger partial charge in [-0.05, 0) is 44.2 Å². The minimum atomic E-state index is 0.00905. The molecule has 2 aliphatic rings. The van der Waals surface area contributed by atoms with Crippen LogP contribution in [-0.4, -0.2) is 31.3 Å². The zero-order valence-electron chi connectivity index (χ0n) is 12.3. The fraction of sp³-hybridized carbons (Fsp3) is 0.562. The molecule has 2 atom stereocenters. The van der Waals surface area contributed by atoms with Gasteiger partial charge >= 0.3 is 0 Å². The van der Waals surface area contributed by atoms with Crippen molar-refractivity contribution >= 4 is 11.6 Å². The van der Waals surface area contributed by atoms with Gasteiger partial charge in [-0.1, -0.05) is 18.2 Å². The maximum absolute atomic E-state index is 6.21. The smallest absolute Gasteiger partial charge is 0.196 e. The fourth-order valence-electron chi connectivity index (χ4n) is 3.64. The van der Waals surface area contributed by atoms with Crippen LogP contribution in [0, 0.1) is 6.92 Å². The van der Waals surface area contributed by atoms with E-state index in [9.17, 15) is 0 Å². The summed E-state index contributed by atoms with van der Waals surface area (Å²) in [7, 11) is 1.81. The number of rotatable bonds is 2. The quantitative estimate of drug-likeness (QED) is 0.900. The van der Waals surface area contributed by atoms with E-state index in [1.807, 2.05) is 0 Å². The summed E-state index contributed by atoms with van der Waals surface area (Å²) < 4.78 is 5.61. The van der Waals surface area contributed by atoms with E-state index in [4.69, 9.17) is 10.5 Å². The van der Waals surface area contributed by atoms with Gasteiger partial charge in [0.2, 0.25) is 0 Å². The van der Waals surface area contributed by atoms with Gasteiger partial charge in [0.05, 0.1) is 18.2 Å². The van der Waals surface area contributed by atoms with Gasteiger partial charge in [0.1, 0.15) is 0 Å². The van der Waals surface area contributed by atoms with E-state index in [-0.39, 0.29) is 5.54 Å². The third kappa shape index (κ3) is 2.08. The molecule has 1 aromatic rings. The molecule has 20 heavy (non-hydrogen) atoms. The van der Waals surface area contributed by atoms with E-state index >= 15 is 0 Å². The number of anilines is 1. The van der Waals surface area contributed by atoms with E-state index in [1.54, 1.807) is 7.11 Å². The number of hydrogen-bond donors (Lipinski definition) is 1. The van der Waals surface area contributed by atoms with Crippen LogP contribution in [0.2, 0.25) is 0 Å². The maximum atomic E-state index is 6.21. The highest BCUT2D eigenvalue weighted by Crippen LogP contribution is 2.41. The summed E-state index contributed by atoms with van der Waals surface area (Å²) in [5.41, 5.74) is 8.64. The van der Waals surface area contributed by atoms with Crippen LogP contribution < -0.4 is 10.6 Å². The fourth-order valence-corrected chi connectivity index (χ4v) is 3.64. The SMILES string of the molecule is COC1CCCC2(CN=C(N)N2c2ccccc2C)C1. The molecule has 0 radical (unpaired) electrons. The van der Waals surface area contributed by atoms with E-state index in [2.05, 4.69) is 41.1 Å². The molecule has 4 heteroatoms. The number of para-hydroxylation sites is 1. The lowest BCUT2D eigenvalue weighted by atomic mass is 9.79. The Morgan fingerprint density at radius 1 is 1.40 bits per heavy atom. The average molecular weight is 273 g/mol. The molecule has 0 amide bonds. The second kappa shape index (κ2) is 5.09. The van der Waals surface area contributed by atoms with Crippen LogP contribution in [0.25, 0.3) is 0 Å². The lowest BCUT2D eigenvalue weighted by molar-refractivity contribution is 0.0459. The summed E-state index contributed by atoms with van der Waals surface area (Å²) in [6.07, 6.45) is 4.76. The number of hydrogen-bond acceptors (Lipinski definition) is 4. The van der Waals surface area contributed by atoms with Gasteiger partial charge in [-0.25, -0.2) is 0 Å². The molecule has 1 aliphatic heterocycles. The van der Waals surface area contributed by atoms with Crippen LogP contribution in [-0.2, 0) is 4.74 Å². The summed E-state index contributed by atoms with van der Waals surface area (Å²) in [4.78, 5) is 6.80. The molecule has 1 aromatic carbocycles. The zero-order chi connectivity index (χ0) is 14.2. The molecule has 2 N–H and O–H groups in total. The van der Waals surface area contributed by atoms with Gasteiger partial charge in [-0.2, -0.15) is 0 Å². The van der Waals surface area contributed by atoms with Gasteiger partial charge in [0.15, 0.2) is 5.96 Å². The number of benzene rings is 1. The molecule has 1 saturated carbocycles. The standard InChI is InChI=1S/C16H23N3O/c1-12-6-3-4-8-14(12)19-15(17)18-11-16(19)9-5-7-13(10-16)20-2/h3-4,6,8,13H,5,7,9-11H2,1-2H3,(H2,17,18). The Balaban J connectivity index is 1.98. The third-order valence-electron chi connectivity index (χ3n) is 4.70. The number of nitrogens with two attached hydrogens (primary N) is 1. The van der Waals surface area contributed by atoms with Gasteiger partial charge < -0.3 is 15.4 Å². The molecule has 1 heterocycles. The molecular weight excluding hydrogens is 250 g/mol. The largest absolute Gasteiger partial charge is 0.381 e. The predicted molar refractivity (Wildman–Crippen MR) is 82.1 cm³/mol. The second-order valence-corrected chi connectivity index (χ2v) is 5.97. The molecule has 108 valence electrons. The summed E-state index contributed by atoms with van der Waals surface area (Å²) in [6.45, 7) is 2.91. The summed E-state index contributed by atoms with van der Waals surface area (Å²) >= 11 is 0. The first-order valence-electron chi connectivity index (χ1n) is 7.35. The molecule has 0 aromatic heterocycles. The first-order valence-corrected chi connectivity index (χ1v) is 7.35. The van der Waals surface area contributed by atoms with Gasteiger partial charge in [-0.15, -0.1) is 0 Å². The number of aliphatic imine (C=N–C) groups is 1. The minimum Gasteiger partial charge on any atom is -0.381 e. The van der Waals surface area contributed by atoms with Crippen LogP contribution in [0.5, 0.6) is 0 Å². The number of ether oxygens (including phenoxy) is 1. The normalized spacial score (nSPS) is 29.8. The molecular formula is C16H23N3O. The van der Waals surface area contributed by atoms with Crippen LogP contribution in [0.1, 0.15) is 31.2 Å². The monoisotopic (exact) mass is 273 g/mol. The van der Waals surface area contributed by atoms with Crippen molar-refractivity contribution in [2.45, 2.75) is 44.2 Å². The average Bonchev–Trinajstić information content (AvgIpc) is 2.76. The van der Waals surface area contributed by atoms with Crippen molar-refractivity contribution in [3.63, 3.8) is 0 Å². The Morgan fingerprint density at radius 2 is 2.20 bits per heavy atom. The lowest BCUT2D eigenvalue weighted by Gasteiger charge is -2.44. The Bertz CT molecular complexity index is 528. The van der Waals surface area contributed by atoms with Crippen molar-refractivity contribution in [1.82, 2.24) is 0 Å². The third-order valence-corrected chi connectivity index (χ3v) is 4.70. The Hall–Kier alpha value is -1.55. The van der Waals surface area contributed by atoms with E-state index < -0.39 is 0 Å². The molecule has 1 spiro atoms. The highest BCUT2D eigenvalue weighted by atomic mass is 16.5. The number of methoxy groups -OCH3 is 1. The van der Waals surface area contributed by atoms with E-state index in [0.717, 1.165) is 25.8 Å². The first-order chi connectivity index (χ1) is 9.66. The Kier molecular flexibility index (Phi) is 3.42. The summed E-state index contributed by atoms with van der Waals surface area (Å²) in [5.74, 6) is 0.649. The van der Waals surface area contributed by atoms with E-state index in [1.165, 1.54) is 17.7 Å². The predicted octanol–water partition coefficient (Wildman–Crippen LogP) is 2.46. The van der Waals surface area contributed by atoms with Crippen LogP contribution in [0.3, 0.4) is 0 Å². The minimum absolute atomic E-state index is 0.00905. The number of nitrogens with zero attached hydrogens (tertiary/aromatic N) is 2. The number of guanidine groups is 1. The maximum Gasteiger partial charge on any atom is 0.196 e. The zero-order valence-corrected chi connectivity index (χ0v) is 12.3. The van der Waals surface area contributed by atoms with Crippen molar-refractivity contribution in [1.29, 1.82) is 0 Å². The topological polar surface area (TPSA) is 50.9 Å². The van der Waals surface area contributed by atoms with Crippen LogP contribution in [0.15, 0.2) is 29.3 Å². The molecule has 3 rings (SSSR count). The van der Waals surface area contributed by atoms with Crippen molar-refractivity contribution in [2.24, 2.45) is 10.7 Å². The molecule has 1 fully saturated rings. The lowest BCUT2D eigenvalue weighted by Crippen LogP contribution is -2.55. The molecule has 0 bridgehead atoms.